The van der Waals surface area contributed by atoms with Crippen molar-refractivity contribution in [2.24, 2.45) is 10.8 Å². The van der Waals surface area contributed by atoms with E-state index >= 15 is 0 Å². The van der Waals surface area contributed by atoms with Crippen LogP contribution in [0.3, 0.4) is 0 Å². The zero-order valence-corrected chi connectivity index (χ0v) is 30.4. The topological polar surface area (TPSA) is 50.2 Å². The number of allylic oxidation sites excluding steroid dienone is 2. The number of rotatable bonds is 7. The number of benzene rings is 3. The first-order valence-corrected chi connectivity index (χ1v) is 15.2. The zero-order valence-electron chi connectivity index (χ0n) is 28.0. The molecule has 0 saturated carbocycles. The minimum absolute atomic E-state index is 0. The number of halogens is 3. The Kier molecular flexibility index (Phi) is 12.4. The number of carbonyl (C=O) groups is 1. The predicted octanol–water partition coefficient (Wildman–Crippen LogP) is 11.5. The van der Waals surface area contributed by atoms with Crippen molar-refractivity contribution in [2.45, 2.75) is 94.2 Å². The Balaban J connectivity index is 0.000000378. The molecule has 0 aliphatic rings. The monoisotopic (exact) mass is 797 g/mol. The molecule has 1 heterocycles. The molecule has 0 amide bonds. The molecule has 4 aromatic rings. The molecule has 245 valence electrons. The average molecular weight is 797 g/mol. The minimum Gasteiger partial charge on any atom is -0.512 e. The fraction of sp³-hybridized carbons (Fsp3) is 0.421. The van der Waals surface area contributed by atoms with Gasteiger partial charge in [0.05, 0.1) is 5.56 Å². The summed E-state index contributed by atoms with van der Waals surface area (Å²) in [5, 5.41) is 12.9. The molecule has 0 fully saturated rings. The first-order chi connectivity index (χ1) is 20.3. The maximum absolute atomic E-state index is 13.6. The van der Waals surface area contributed by atoms with Crippen LogP contribution >= 0.6 is 0 Å². The van der Waals surface area contributed by atoms with Gasteiger partial charge in [-0.1, -0.05) is 81.4 Å². The second-order valence-electron chi connectivity index (χ2n) is 13.3. The molecule has 1 radical (unpaired) electrons. The van der Waals surface area contributed by atoms with Crippen molar-refractivity contribution >= 4 is 27.3 Å². The molecule has 0 unspecified atom stereocenters. The molecule has 7 heteroatoms. The Morgan fingerprint density at radius 1 is 0.889 bits per heavy atom. The van der Waals surface area contributed by atoms with Gasteiger partial charge in [0.1, 0.15) is 5.76 Å². The van der Waals surface area contributed by atoms with Gasteiger partial charge in [0.15, 0.2) is 5.78 Å². The van der Waals surface area contributed by atoms with E-state index in [0.29, 0.717) is 10.9 Å². The molecule has 0 aliphatic heterocycles. The summed E-state index contributed by atoms with van der Waals surface area (Å²) in [6, 6.07) is 15.6. The predicted molar refractivity (Wildman–Crippen MR) is 176 cm³/mol. The summed E-state index contributed by atoms with van der Waals surface area (Å²) in [5.41, 5.74) is 3.09. The SMILES string of the molecule is CCC(C)(C)C(=O)/C=C(\O)C(C)(C)CC.Cc1[c-]c(-c2nccc3c2ccc2c(C(C)C)cc(C(F)(F)F)cc23)cc(C)c1.[Ir]. The summed E-state index contributed by atoms with van der Waals surface area (Å²) in [6.07, 6.45) is 0.263. The van der Waals surface area contributed by atoms with E-state index in [1.54, 1.807) is 12.3 Å². The van der Waals surface area contributed by atoms with E-state index in [2.05, 4.69) is 11.1 Å². The number of aryl methyl sites for hydroxylation is 2. The van der Waals surface area contributed by atoms with Gasteiger partial charge in [0.25, 0.3) is 0 Å². The Morgan fingerprint density at radius 2 is 1.49 bits per heavy atom. The number of pyridine rings is 1. The number of aliphatic hydroxyl groups is 1. The van der Waals surface area contributed by atoms with E-state index in [9.17, 15) is 23.1 Å². The fourth-order valence-electron chi connectivity index (χ4n) is 4.88. The molecule has 1 N–H and O–H groups in total. The van der Waals surface area contributed by atoms with Crippen molar-refractivity contribution in [1.29, 1.82) is 0 Å². The summed E-state index contributed by atoms with van der Waals surface area (Å²) in [6.45, 7) is 19.5. The van der Waals surface area contributed by atoms with Gasteiger partial charge in [-0.3, -0.25) is 4.79 Å². The summed E-state index contributed by atoms with van der Waals surface area (Å²) in [5.74, 6) is 0.173. The van der Waals surface area contributed by atoms with E-state index in [-0.39, 0.29) is 48.4 Å². The molecule has 1 aromatic heterocycles. The third-order valence-electron chi connectivity index (χ3n) is 8.66. The van der Waals surface area contributed by atoms with Crippen LogP contribution in [-0.2, 0) is 31.1 Å². The molecule has 3 nitrogen and oxygen atoms in total. The molecule has 0 atom stereocenters. The number of fused-ring (bicyclic) bond motifs is 3. The number of aromatic nitrogens is 1. The maximum Gasteiger partial charge on any atom is 0.416 e. The van der Waals surface area contributed by atoms with Crippen LogP contribution in [0.4, 0.5) is 13.2 Å². The third kappa shape index (κ3) is 8.83. The standard InChI is InChI=1S/C25H21F3N.C13H24O2.Ir/c1-14(2)22-12-18(25(26,27)28)13-23-19(22)5-6-21-20(23)7-8-29-24(21)17-10-15(3)9-16(4)11-17;1-7-12(3,4)10(14)9-11(15)13(5,6)8-2;/h5-10,12-14H,1-4H3;9,14H,7-8H2,1-6H3;/q-1;;/b;10-9-;. The van der Waals surface area contributed by atoms with Gasteiger partial charge in [0.2, 0.25) is 0 Å². The number of ketones is 1. The normalized spacial score (nSPS) is 12.6. The van der Waals surface area contributed by atoms with E-state index in [4.69, 9.17) is 0 Å². The van der Waals surface area contributed by atoms with Crippen LogP contribution in [0.5, 0.6) is 0 Å². The fourth-order valence-corrected chi connectivity index (χ4v) is 4.88. The van der Waals surface area contributed by atoms with Crippen molar-refractivity contribution in [3.63, 3.8) is 0 Å². The minimum atomic E-state index is -4.39. The second-order valence-corrected chi connectivity index (χ2v) is 13.3. The van der Waals surface area contributed by atoms with Gasteiger partial charge in [-0.2, -0.15) is 13.2 Å². The Hall–Kier alpha value is -3.02. The molecule has 0 saturated heterocycles. The Morgan fingerprint density at radius 3 is 2.02 bits per heavy atom. The first kappa shape index (κ1) is 38.2. The maximum atomic E-state index is 13.6. The number of aliphatic hydroxyl groups excluding tert-OH is 1. The van der Waals surface area contributed by atoms with Crippen molar-refractivity contribution in [2.75, 3.05) is 0 Å². The van der Waals surface area contributed by atoms with Crippen molar-refractivity contribution in [3.05, 3.63) is 88.8 Å². The smallest absolute Gasteiger partial charge is 0.416 e. The van der Waals surface area contributed by atoms with Crippen LogP contribution < -0.4 is 0 Å². The van der Waals surface area contributed by atoms with Gasteiger partial charge in [-0.05, 0) is 69.8 Å². The van der Waals surface area contributed by atoms with Crippen LogP contribution in [0.25, 0.3) is 32.8 Å². The molecule has 3 aromatic carbocycles. The average Bonchev–Trinajstić information content (AvgIpc) is 2.95. The summed E-state index contributed by atoms with van der Waals surface area (Å²) >= 11 is 0. The summed E-state index contributed by atoms with van der Waals surface area (Å²) < 4.78 is 40.7. The number of nitrogens with zero attached hydrogens (tertiary/aromatic N) is 1. The van der Waals surface area contributed by atoms with Crippen molar-refractivity contribution in [1.82, 2.24) is 4.98 Å². The van der Waals surface area contributed by atoms with Gasteiger partial charge in [0, 0.05) is 43.2 Å². The Labute approximate surface area is 279 Å². The van der Waals surface area contributed by atoms with E-state index in [0.717, 1.165) is 51.4 Å². The molecular weight excluding hydrogens is 752 g/mol. The zero-order chi connectivity index (χ0) is 33.2. The summed E-state index contributed by atoms with van der Waals surface area (Å²) in [7, 11) is 0. The quantitative estimate of drug-likeness (QED) is 0.0877. The van der Waals surface area contributed by atoms with Crippen LogP contribution in [0.2, 0.25) is 0 Å². The molecule has 0 bridgehead atoms. The number of hydrogen-bond donors (Lipinski definition) is 1. The van der Waals surface area contributed by atoms with Crippen LogP contribution in [0.15, 0.2) is 60.5 Å². The molecular formula is C38H45F3IrNO2-. The van der Waals surface area contributed by atoms with E-state index < -0.39 is 11.7 Å². The first-order valence-electron chi connectivity index (χ1n) is 15.2. The number of alkyl halides is 3. The van der Waals surface area contributed by atoms with Crippen LogP contribution in [0, 0.1) is 30.7 Å². The molecule has 0 aliphatic carbocycles. The number of carbonyl (C=O) groups excluding carboxylic acids is 1. The largest absolute Gasteiger partial charge is 0.512 e. The van der Waals surface area contributed by atoms with Gasteiger partial charge in [-0.15, -0.1) is 34.9 Å². The number of hydrogen-bond acceptors (Lipinski definition) is 3. The van der Waals surface area contributed by atoms with Gasteiger partial charge >= 0.3 is 6.18 Å². The van der Waals surface area contributed by atoms with Gasteiger partial charge in [-0.25, -0.2) is 0 Å². The van der Waals surface area contributed by atoms with Crippen molar-refractivity contribution in [3.8, 4) is 11.3 Å². The third-order valence-corrected chi connectivity index (χ3v) is 8.66. The second kappa shape index (κ2) is 14.6. The van der Waals surface area contributed by atoms with Gasteiger partial charge < -0.3 is 10.1 Å². The van der Waals surface area contributed by atoms with Crippen molar-refractivity contribution < 1.29 is 43.2 Å². The molecule has 45 heavy (non-hydrogen) atoms. The summed E-state index contributed by atoms with van der Waals surface area (Å²) in [4.78, 5) is 16.4. The Bertz CT molecular complexity index is 1680. The van der Waals surface area contributed by atoms with Crippen LogP contribution in [-0.4, -0.2) is 15.9 Å². The van der Waals surface area contributed by atoms with Crippen LogP contribution in [0.1, 0.15) is 96.4 Å². The van der Waals surface area contributed by atoms with E-state index in [1.807, 2.05) is 93.5 Å². The molecule has 0 spiro atoms. The molecule has 4 rings (SSSR count). The van der Waals surface area contributed by atoms with E-state index in [1.165, 1.54) is 18.2 Å².